The standard InChI is InChI=1S/C22H19N5O2/c28-22(29-20-12-6-11-19-21(20)24-25-23-19)27(13-16-7-2-1-3-8-16)26-14-17-9-4-5-10-18(17)15-26/h1-12H,13-15H2,(H,23,24,25). The predicted molar refractivity (Wildman–Crippen MR) is 108 cm³/mol. The Bertz CT molecular complexity index is 1130. The first-order valence-electron chi connectivity index (χ1n) is 9.42. The molecule has 5 rings (SSSR count). The van der Waals surface area contributed by atoms with Crippen LogP contribution in [0.5, 0.6) is 5.75 Å². The van der Waals surface area contributed by atoms with Crippen LogP contribution in [-0.4, -0.2) is 31.5 Å². The predicted octanol–water partition coefficient (Wildman–Crippen LogP) is 3.89. The van der Waals surface area contributed by atoms with Crippen LogP contribution >= 0.6 is 0 Å². The number of hydrogen-bond donors (Lipinski definition) is 1. The van der Waals surface area contributed by atoms with Gasteiger partial charge in [0.25, 0.3) is 0 Å². The highest BCUT2D eigenvalue weighted by Crippen LogP contribution is 2.27. The lowest BCUT2D eigenvalue weighted by Crippen LogP contribution is -2.44. The van der Waals surface area contributed by atoms with Crippen LogP contribution in [0, 0.1) is 0 Å². The molecule has 1 aliphatic rings. The molecule has 1 aromatic heterocycles. The van der Waals surface area contributed by atoms with Gasteiger partial charge in [-0.15, -0.1) is 0 Å². The van der Waals surface area contributed by atoms with E-state index < -0.39 is 6.09 Å². The maximum Gasteiger partial charge on any atom is 0.430 e. The zero-order valence-corrected chi connectivity index (χ0v) is 15.7. The monoisotopic (exact) mass is 385 g/mol. The van der Waals surface area contributed by atoms with E-state index in [0.717, 1.165) is 5.56 Å². The van der Waals surface area contributed by atoms with Gasteiger partial charge in [-0.25, -0.2) is 14.8 Å². The van der Waals surface area contributed by atoms with Crippen LogP contribution in [0.2, 0.25) is 0 Å². The van der Waals surface area contributed by atoms with Gasteiger partial charge in [-0.2, -0.15) is 15.4 Å². The molecule has 3 aromatic carbocycles. The van der Waals surface area contributed by atoms with Gasteiger partial charge in [0.05, 0.1) is 6.54 Å². The summed E-state index contributed by atoms with van der Waals surface area (Å²) in [5.41, 5.74) is 4.65. The highest BCUT2D eigenvalue weighted by atomic mass is 16.6. The number of aromatic amines is 1. The van der Waals surface area contributed by atoms with Crippen molar-refractivity contribution in [2.75, 3.05) is 0 Å². The summed E-state index contributed by atoms with van der Waals surface area (Å²) in [6.07, 6.45) is -0.447. The molecule has 0 saturated heterocycles. The first-order chi connectivity index (χ1) is 14.3. The number of hydrogen-bond acceptors (Lipinski definition) is 5. The van der Waals surface area contributed by atoms with E-state index in [2.05, 4.69) is 27.5 Å². The van der Waals surface area contributed by atoms with E-state index in [1.54, 1.807) is 17.1 Å². The third-order valence-electron chi connectivity index (χ3n) is 5.06. The minimum absolute atomic E-state index is 0.385. The van der Waals surface area contributed by atoms with Gasteiger partial charge in [0.2, 0.25) is 0 Å². The summed E-state index contributed by atoms with van der Waals surface area (Å²) in [7, 11) is 0. The fourth-order valence-corrected chi connectivity index (χ4v) is 3.59. The van der Waals surface area contributed by atoms with E-state index in [1.807, 2.05) is 53.5 Å². The summed E-state index contributed by atoms with van der Waals surface area (Å²) >= 11 is 0. The van der Waals surface area contributed by atoms with Gasteiger partial charge in [-0.05, 0) is 28.8 Å². The highest BCUT2D eigenvalue weighted by Gasteiger charge is 2.29. The van der Waals surface area contributed by atoms with Gasteiger partial charge in [0.1, 0.15) is 5.52 Å². The minimum Gasteiger partial charge on any atom is -0.407 e. The number of nitrogens with one attached hydrogen (secondary N) is 1. The molecule has 0 radical (unpaired) electrons. The first-order valence-corrected chi connectivity index (χ1v) is 9.42. The van der Waals surface area contributed by atoms with Crippen molar-refractivity contribution in [3.05, 3.63) is 89.5 Å². The Balaban J connectivity index is 1.43. The Morgan fingerprint density at radius 2 is 1.66 bits per heavy atom. The fraction of sp³-hybridized carbons (Fsp3) is 0.136. The van der Waals surface area contributed by atoms with Crippen LogP contribution in [0.1, 0.15) is 16.7 Å². The number of ether oxygens (including phenoxy) is 1. The zero-order chi connectivity index (χ0) is 19.6. The highest BCUT2D eigenvalue weighted by molar-refractivity contribution is 5.83. The molecule has 0 spiro atoms. The SMILES string of the molecule is O=C(Oc1cccc2n[nH]nc12)N(Cc1ccccc1)N1Cc2ccccc2C1. The minimum atomic E-state index is -0.447. The second-order valence-corrected chi connectivity index (χ2v) is 6.95. The number of hydrazine groups is 1. The summed E-state index contributed by atoms with van der Waals surface area (Å²) in [4.78, 5) is 13.2. The summed E-state index contributed by atoms with van der Waals surface area (Å²) in [6.45, 7) is 1.74. The van der Waals surface area contributed by atoms with Gasteiger partial charge in [0, 0.05) is 13.1 Å². The zero-order valence-electron chi connectivity index (χ0n) is 15.7. The molecular formula is C22H19N5O2. The lowest BCUT2D eigenvalue weighted by Gasteiger charge is -2.30. The van der Waals surface area contributed by atoms with Gasteiger partial charge in [-0.3, -0.25) is 0 Å². The second-order valence-electron chi connectivity index (χ2n) is 6.95. The third-order valence-corrected chi connectivity index (χ3v) is 5.06. The topological polar surface area (TPSA) is 74.3 Å². The molecule has 0 fully saturated rings. The van der Waals surface area contributed by atoms with E-state index >= 15 is 0 Å². The maximum atomic E-state index is 13.2. The van der Waals surface area contributed by atoms with Crippen LogP contribution in [0.25, 0.3) is 11.0 Å². The van der Waals surface area contributed by atoms with Crippen molar-refractivity contribution in [2.45, 2.75) is 19.6 Å². The molecule has 1 N–H and O–H groups in total. The van der Waals surface area contributed by atoms with Crippen molar-refractivity contribution in [3.8, 4) is 5.75 Å². The molecule has 7 heteroatoms. The summed E-state index contributed by atoms with van der Waals surface area (Å²) in [5, 5.41) is 14.4. The summed E-state index contributed by atoms with van der Waals surface area (Å²) in [6, 6.07) is 23.5. The van der Waals surface area contributed by atoms with E-state index in [1.165, 1.54) is 11.1 Å². The second kappa shape index (κ2) is 7.37. The summed E-state index contributed by atoms with van der Waals surface area (Å²) in [5.74, 6) is 0.385. The Labute approximate surface area is 167 Å². The Kier molecular flexibility index (Phi) is 4.42. The lowest BCUT2D eigenvalue weighted by molar-refractivity contribution is -0.0162. The van der Waals surface area contributed by atoms with Crippen molar-refractivity contribution in [1.29, 1.82) is 0 Å². The Morgan fingerprint density at radius 1 is 0.931 bits per heavy atom. The molecule has 144 valence electrons. The van der Waals surface area contributed by atoms with Gasteiger partial charge < -0.3 is 4.74 Å². The quantitative estimate of drug-likeness (QED) is 0.577. The number of fused-ring (bicyclic) bond motifs is 2. The van der Waals surface area contributed by atoms with Gasteiger partial charge >= 0.3 is 6.09 Å². The molecule has 0 aliphatic carbocycles. The average Bonchev–Trinajstić information content (AvgIpc) is 3.40. The molecule has 2 heterocycles. The number of nitrogens with zero attached hydrogens (tertiary/aromatic N) is 4. The number of carbonyl (C=O) groups is 1. The number of carbonyl (C=O) groups excluding carboxylic acids is 1. The van der Waals surface area contributed by atoms with Crippen LogP contribution in [-0.2, 0) is 19.6 Å². The molecule has 0 unspecified atom stereocenters. The van der Waals surface area contributed by atoms with Crippen LogP contribution in [0.4, 0.5) is 4.79 Å². The molecule has 0 bridgehead atoms. The smallest absolute Gasteiger partial charge is 0.407 e. The molecule has 4 aromatic rings. The molecule has 29 heavy (non-hydrogen) atoms. The molecular weight excluding hydrogens is 366 g/mol. The Morgan fingerprint density at radius 3 is 2.41 bits per heavy atom. The molecule has 1 amide bonds. The van der Waals surface area contributed by atoms with Crippen molar-refractivity contribution in [2.24, 2.45) is 0 Å². The average molecular weight is 385 g/mol. The molecule has 7 nitrogen and oxygen atoms in total. The van der Waals surface area contributed by atoms with Gasteiger partial charge in [-0.1, -0.05) is 60.7 Å². The number of amides is 1. The van der Waals surface area contributed by atoms with E-state index in [-0.39, 0.29) is 0 Å². The lowest BCUT2D eigenvalue weighted by atomic mass is 10.1. The number of rotatable bonds is 4. The number of aromatic nitrogens is 3. The summed E-state index contributed by atoms with van der Waals surface area (Å²) < 4.78 is 5.75. The number of benzene rings is 3. The van der Waals surface area contributed by atoms with Crippen molar-refractivity contribution in [1.82, 2.24) is 25.4 Å². The first kappa shape index (κ1) is 17.4. The van der Waals surface area contributed by atoms with Crippen molar-refractivity contribution < 1.29 is 9.53 Å². The van der Waals surface area contributed by atoms with E-state index in [9.17, 15) is 4.79 Å². The van der Waals surface area contributed by atoms with Crippen LogP contribution < -0.4 is 4.74 Å². The third kappa shape index (κ3) is 3.43. The van der Waals surface area contributed by atoms with E-state index in [4.69, 9.17) is 4.74 Å². The maximum absolute atomic E-state index is 13.2. The van der Waals surface area contributed by atoms with Crippen molar-refractivity contribution >= 4 is 17.1 Å². The normalized spacial score (nSPS) is 13.4. The van der Waals surface area contributed by atoms with Crippen molar-refractivity contribution in [3.63, 3.8) is 0 Å². The largest absolute Gasteiger partial charge is 0.430 e. The number of para-hydroxylation sites is 1. The van der Waals surface area contributed by atoms with Gasteiger partial charge in [0.15, 0.2) is 11.3 Å². The van der Waals surface area contributed by atoms with Crippen LogP contribution in [0.3, 0.4) is 0 Å². The fourth-order valence-electron chi connectivity index (χ4n) is 3.59. The Hall–Kier alpha value is -3.71. The molecule has 0 saturated carbocycles. The van der Waals surface area contributed by atoms with E-state index in [0.29, 0.717) is 36.4 Å². The number of H-pyrrole nitrogens is 1. The van der Waals surface area contributed by atoms with Crippen LogP contribution in [0.15, 0.2) is 72.8 Å². The molecule has 1 aliphatic heterocycles. The molecule has 0 atom stereocenters.